The summed E-state index contributed by atoms with van der Waals surface area (Å²) in [5.41, 5.74) is 5.22. The van der Waals surface area contributed by atoms with Crippen LogP contribution >= 0.6 is 0 Å². The van der Waals surface area contributed by atoms with E-state index in [1.165, 1.54) is 11.0 Å². The molecular weight excluding hydrogens is 166 g/mol. The highest BCUT2D eigenvalue weighted by atomic mass is 19.3. The quantitative estimate of drug-likeness (QED) is 0.741. The van der Waals surface area contributed by atoms with E-state index in [-0.39, 0.29) is 12.4 Å². The topological polar surface area (TPSA) is 56.7 Å². The molecule has 4 nitrogen and oxygen atoms in total. The fraction of sp³-hybridized carbons (Fsp3) is 0.667. The molecule has 0 atom stereocenters. The number of aromatic nitrogens is 3. The van der Waals surface area contributed by atoms with Crippen molar-refractivity contribution in [2.24, 2.45) is 0 Å². The van der Waals surface area contributed by atoms with Gasteiger partial charge in [-0.1, -0.05) is 0 Å². The lowest BCUT2D eigenvalue weighted by Gasteiger charge is -1.98. The number of halogens is 2. The molecule has 0 spiro atoms. The van der Waals surface area contributed by atoms with Crippen LogP contribution in [-0.4, -0.2) is 21.2 Å². The molecule has 0 unspecified atom stereocenters. The first-order valence-corrected chi connectivity index (χ1v) is 3.61. The first kappa shape index (κ1) is 8.89. The Morgan fingerprint density at radius 2 is 2.33 bits per heavy atom. The van der Waals surface area contributed by atoms with Crippen molar-refractivity contribution in [2.45, 2.75) is 25.8 Å². The van der Waals surface area contributed by atoms with Crippen LogP contribution in [0.4, 0.5) is 14.7 Å². The molecule has 68 valence electrons. The highest BCUT2D eigenvalue weighted by molar-refractivity contribution is 5.08. The lowest BCUT2D eigenvalue weighted by Crippen LogP contribution is -2.01. The maximum Gasteiger partial charge on any atom is 0.239 e. The van der Waals surface area contributed by atoms with Crippen molar-refractivity contribution in [3.05, 3.63) is 6.33 Å². The van der Waals surface area contributed by atoms with Gasteiger partial charge in [-0.3, -0.25) is 4.68 Å². The minimum atomic E-state index is -2.24. The molecule has 2 N–H and O–H groups in total. The molecule has 1 aromatic heterocycles. The number of nitrogens with zero attached hydrogens (tertiary/aromatic N) is 3. The van der Waals surface area contributed by atoms with Gasteiger partial charge in [0.2, 0.25) is 12.4 Å². The van der Waals surface area contributed by atoms with Crippen molar-refractivity contribution in [2.75, 3.05) is 5.73 Å². The highest BCUT2D eigenvalue weighted by Gasteiger charge is 2.02. The Morgan fingerprint density at radius 1 is 1.58 bits per heavy atom. The first-order valence-electron chi connectivity index (χ1n) is 3.61. The third-order valence-electron chi connectivity index (χ3n) is 1.36. The van der Waals surface area contributed by atoms with Crippen LogP contribution in [0.5, 0.6) is 0 Å². The second-order valence-corrected chi connectivity index (χ2v) is 2.40. The predicted molar refractivity (Wildman–Crippen MR) is 39.7 cm³/mol. The minimum Gasteiger partial charge on any atom is -0.367 e. The molecule has 1 aromatic rings. The van der Waals surface area contributed by atoms with E-state index in [1.54, 1.807) is 0 Å². The molecule has 6 heteroatoms. The summed E-state index contributed by atoms with van der Waals surface area (Å²) in [6.45, 7) is 0.439. The molecule has 0 aliphatic heterocycles. The highest BCUT2D eigenvalue weighted by Crippen LogP contribution is 2.04. The van der Waals surface area contributed by atoms with Crippen LogP contribution in [0, 0.1) is 0 Å². The molecular formula is C6H10F2N4. The molecule has 0 fully saturated rings. The summed E-state index contributed by atoms with van der Waals surface area (Å²) >= 11 is 0. The lowest BCUT2D eigenvalue weighted by atomic mass is 10.3. The number of nitrogens with two attached hydrogens (primary N) is 1. The first-order chi connectivity index (χ1) is 5.68. The average molecular weight is 176 g/mol. The van der Waals surface area contributed by atoms with Crippen molar-refractivity contribution in [3.8, 4) is 0 Å². The van der Waals surface area contributed by atoms with Crippen LogP contribution in [0.1, 0.15) is 12.8 Å². The minimum absolute atomic E-state index is 0.111. The van der Waals surface area contributed by atoms with E-state index >= 15 is 0 Å². The zero-order valence-electron chi connectivity index (χ0n) is 6.45. The third-order valence-corrected chi connectivity index (χ3v) is 1.36. The van der Waals surface area contributed by atoms with E-state index in [1.807, 2.05) is 0 Å². The van der Waals surface area contributed by atoms with Gasteiger partial charge in [-0.05, 0) is 6.42 Å². The van der Waals surface area contributed by atoms with Gasteiger partial charge in [0.05, 0.1) is 0 Å². The van der Waals surface area contributed by atoms with E-state index in [4.69, 9.17) is 5.73 Å². The standard InChI is InChI=1S/C6H10F2N4/c7-5(8)2-1-3-12-4-10-6(9)11-12/h4-5H,1-3H2,(H2,9,11). The fourth-order valence-corrected chi connectivity index (χ4v) is 0.824. The summed E-state index contributed by atoms with van der Waals surface area (Å²) < 4.78 is 24.8. The van der Waals surface area contributed by atoms with Gasteiger partial charge in [0.15, 0.2) is 0 Å². The van der Waals surface area contributed by atoms with Gasteiger partial charge in [0, 0.05) is 13.0 Å². The molecule has 0 bridgehead atoms. The van der Waals surface area contributed by atoms with Gasteiger partial charge in [-0.15, -0.1) is 5.10 Å². The molecule has 12 heavy (non-hydrogen) atoms. The van der Waals surface area contributed by atoms with Gasteiger partial charge < -0.3 is 5.73 Å². The number of hydrogen-bond acceptors (Lipinski definition) is 3. The molecule has 0 saturated carbocycles. The SMILES string of the molecule is Nc1ncn(CCCC(F)F)n1. The van der Waals surface area contributed by atoms with Crippen molar-refractivity contribution in [1.29, 1.82) is 0 Å². The van der Waals surface area contributed by atoms with E-state index in [0.29, 0.717) is 13.0 Å². The molecule has 0 aromatic carbocycles. The molecule has 0 aliphatic carbocycles. The monoisotopic (exact) mass is 176 g/mol. The van der Waals surface area contributed by atoms with Crippen LogP contribution < -0.4 is 5.73 Å². The summed E-state index contributed by atoms with van der Waals surface area (Å²) in [4.78, 5) is 3.66. The maximum absolute atomic E-state index is 11.7. The Morgan fingerprint density at radius 3 is 2.83 bits per heavy atom. The van der Waals surface area contributed by atoms with E-state index in [9.17, 15) is 8.78 Å². The van der Waals surface area contributed by atoms with Gasteiger partial charge in [0.25, 0.3) is 0 Å². The van der Waals surface area contributed by atoms with Crippen molar-refractivity contribution in [3.63, 3.8) is 0 Å². The lowest BCUT2D eigenvalue weighted by molar-refractivity contribution is 0.132. The number of rotatable bonds is 4. The Bertz CT molecular complexity index is 235. The van der Waals surface area contributed by atoms with Crippen LogP contribution in [0.3, 0.4) is 0 Å². The van der Waals surface area contributed by atoms with E-state index in [0.717, 1.165) is 0 Å². The van der Waals surface area contributed by atoms with Gasteiger partial charge in [0.1, 0.15) is 6.33 Å². The maximum atomic E-state index is 11.7. The Balaban J connectivity index is 2.24. The number of nitrogen functional groups attached to an aromatic ring is 1. The van der Waals surface area contributed by atoms with Crippen LogP contribution in [0.15, 0.2) is 6.33 Å². The normalized spacial score (nSPS) is 10.9. The summed E-state index contributed by atoms with van der Waals surface area (Å²) in [6.07, 6.45) is -0.535. The summed E-state index contributed by atoms with van der Waals surface area (Å²) in [7, 11) is 0. The Labute approximate surface area is 68.4 Å². The number of anilines is 1. The van der Waals surface area contributed by atoms with E-state index in [2.05, 4.69) is 10.1 Å². The number of hydrogen-bond donors (Lipinski definition) is 1. The second kappa shape index (κ2) is 3.99. The third kappa shape index (κ3) is 2.81. The van der Waals surface area contributed by atoms with Gasteiger partial charge >= 0.3 is 0 Å². The second-order valence-electron chi connectivity index (χ2n) is 2.40. The average Bonchev–Trinajstić information content (AvgIpc) is 2.35. The van der Waals surface area contributed by atoms with Crippen LogP contribution in [0.25, 0.3) is 0 Å². The summed E-state index contributed by atoms with van der Waals surface area (Å²) in [5, 5.41) is 3.75. The zero-order valence-corrected chi connectivity index (χ0v) is 6.45. The van der Waals surface area contributed by atoms with Crippen LogP contribution in [0.2, 0.25) is 0 Å². The zero-order chi connectivity index (χ0) is 8.97. The molecule has 1 rings (SSSR count). The largest absolute Gasteiger partial charge is 0.367 e. The number of aryl methyl sites for hydroxylation is 1. The molecule has 0 amide bonds. The van der Waals surface area contributed by atoms with Crippen LogP contribution in [-0.2, 0) is 6.54 Å². The van der Waals surface area contributed by atoms with Crippen molar-refractivity contribution in [1.82, 2.24) is 14.8 Å². The van der Waals surface area contributed by atoms with Gasteiger partial charge in [-0.25, -0.2) is 13.8 Å². The Hall–Kier alpha value is -1.20. The fourth-order valence-electron chi connectivity index (χ4n) is 0.824. The number of alkyl halides is 2. The molecule has 1 heterocycles. The van der Waals surface area contributed by atoms with E-state index < -0.39 is 6.43 Å². The summed E-state index contributed by atoms with van der Waals surface area (Å²) in [6, 6.07) is 0. The van der Waals surface area contributed by atoms with Gasteiger partial charge in [-0.2, -0.15) is 0 Å². The summed E-state index contributed by atoms with van der Waals surface area (Å²) in [5.74, 6) is 0.173. The predicted octanol–water partition coefficient (Wildman–Crippen LogP) is 0.906. The van der Waals surface area contributed by atoms with Crippen molar-refractivity contribution < 1.29 is 8.78 Å². The van der Waals surface area contributed by atoms with Crippen molar-refractivity contribution >= 4 is 5.95 Å². The molecule has 0 aliphatic rings. The Kier molecular flexibility index (Phi) is 2.95. The smallest absolute Gasteiger partial charge is 0.239 e. The molecule has 0 radical (unpaired) electrons. The molecule has 0 saturated heterocycles.